The predicted molar refractivity (Wildman–Crippen MR) is 62.8 cm³/mol. The Morgan fingerprint density at radius 1 is 1.44 bits per heavy atom. The van der Waals surface area contributed by atoms with E-state index in [2.05, 4.69) is 0 Å². The van der Waals surface area contributed by atoms with Crippen molar-refractivity contribution >= 4 is 11.9 Å². The van der Waals surface area contributed by atoms with Gasteiger partial charge in [0.1, 0.15) is 11.9 Å². The van der Waals surface area contributed by atoms with Gasteiger partial charge in [-0.3, -0.25) is 4.79 Å². The van der Waals surface area contributed by atoms with Crippen LogP contribution in [0.25, 0.3) is 0 Å². The molecule has 0 bridgehead atoms. The summed E-state index contributed by atoms with van der Waals surface area (Å²) < 4.78 is 13.4. The van der Waals surface area contributed by atoms with Crippen LogP contribution in [0.2, 0.25) is 0 Å². The van der Waals surface area contributed by atoms with E-state index in [0.29, 0.717) is 19.4 Å². The Kier molecular flexibility index (Phi) is 3.32. The maximum atomic E-state index is 13.4. The molecule has 0 aromatic heterocycles. The molecule has 1 aliphatic rings. The van der Waals surface area contributed by atoms with Gasteiger partial charge < -0.3 is 10.0 Å². The minimum atomic E-state index is -1.00. The van der Waals surface area contributed by atoms with Crippen molar-refractivity contribution in [2.24, 2.45) is 0 Å². The van der Waals surface area contributed by atoms with Crippen LogP contribution in [0, 0.1) is 12.7 Å². The van der Waals surface area contributed by atoms with Crippen molar-refractivity contribution < 1.29 is 19.1 Å². The Labute approximate surface area is 104 Å². The third-order valence-corrected chi connectivity index (χ3v) is 3.30. The number of carbonyl (C=O) groups is 2. The summed E-state index contributed by atoms with van der Waals surface area (Å²) in [6.07, 6.45) is 1.12. The van der Waals surface area contributed by atoms with Gasteiger partial charge in [-0.25, -0.2) is 9.18 Å². The number of likely N-dealkylation sites (tertiary alicyclic amines) is 1. The van der Waals surface area contributed by atoms with Gasteiger partial charge in [0.15, 0.2) is 0 Å². The molecule has 0 radical (unpaired) electrons. The van der Waals surface area contributed by atoms with Gasteiger partial charge in [0, 0.05) is 12.1 Å². The quantitative estimate of drug-likeness (QED) is 0.872. The van der Waals surface area contributed by atoms with Crippen LogP contribution >= 0.6 is 0 Å². The maximum absolute atomic E-state index is 13.4. The average Bonchev–Trinajstić information content (AvgIpc) is 2.81. The summed E-state index contributed by atoms with van der Waals surface area (Å²) in [5.74, 6) is -1.86. The lowest BCUT2D eigenvalue weighted by molar-refractivity contribution is -0.141. The molecule has 1 aromatic carbocycles. The molecule has 0 saturated carbocycles. The van der Waals surface area contributed by atoms with E-state index in [1.165, 1.54) is 30.0 Å². The molecule has 1 saturated heterocycles. The highest BCUT2D eigenvalue weighted by molar-refractivity contribution is 5.98. The number of carbonyl (C=O) groups excluding carboxylic acids is 1. The van der Waals surface area contributed by atoms with Crippen LogP contribution in [-0.2, 0) is 4.79 Å². The lowest BCUT2D eigenvalue weighted by atomic mass is 10.1. The Balaban J connectivity index is 2.31. The molecule has 2 rings (SSSR count). The molecule has 0 unspecified atom stereocenters. The number of carboxylic acid groups (broad SMARTS) is 1. The summed E-state index contributed by atoms with van der Waals surface area (Å²) in [6, 6.07) is 3.48. The van der Waals surface area contributed by atoms with Crippen LogP contribution in [-0.4, -0.2) is 34.5 Å². The first-order valence-electron chi connectivity index (χ1n) is 5.81. The summed E-state index contributed by atoms with van der Waals surface area (Å²) in [6.45, 7) is 1.93. The average molecular weight is 251 g/mol. The van der Waals surface area contributed by atoms with Gasteiger partial charge >= 0.3 is 5.97 Å². The third kappa shape index (κ3) is 2.08. The SMILES string of the molecule is Cc1c(F)cccc1C(=O)N1CCC[C@H]1C(=O)O. The lowest BCUT2D eigenvalue weighted by Gasteiger charge is -2.22. The van der Waals surface area contributed by atoms with Crippen molar-refractivity contribution in [3.8, 4) is 0 Å². The van der Waals surface area contributed by atoms with Crippen molar-refractivity contribution in [1.82, 2.24) is 4.90 Å². The Hall–Kier alpha value is -1.91. The molecule has 5 heteroatoms. The molecular formula is C13H14FNO3. The molecule has 18 heavy (non-hydrogen) atoms. The van der Waals surface area contributed by atoms with E-state index < -0.39 is 23.7 Å². The zero-order valence-corrected chi connectivity index (χ0v) is 10.0. The molecule has 1 fully saturated rings. The monoisotopic (exact) mass is 251 g/mol. The van der Waals surface area contributed by atoms with Crippen molar-refractivity contribution in [2.75, 3.05) is 6.54 Å². The highest BCUT2D eigenvalue weighted by Gasteiger charge is 2.34. The van der Waals surface area contributed by atoms with E-state index >= 15 is 0 Å². The predicted octanol–water partition coefficient (Wildman–Crippen LogP) is 1.82. The second-order valence-corrected chi connectivity index (χ2v) is 4.41. The molecular weight excluding hydrogens is 237 g/mol. The first-order chi connectivity index (χ1) is 8.52. The molecule has 1 aromatic rings. The first kappa shape index (κ1) is 12.5. The van der Waals surface area contributed by atoms with E-state index in [0.717, 1.165) is 0 Å². The molecule has 0 aliphatic carbocycles. The lowest BCUT2D eigenvalue weighted by Crippen LogP contribution is -2.40. The molecule has 1 N–H and O–H groups in total. The number of rotatable bonds is 2. The van der Waals surface area contributed by atoms with Gasteiger partial charge in [-0.2, -0.15) is 0 Å². The minimum Gasteiger partial charge on any atom is -0.480 e. The van der Waals surface area contributed by atoms with E-state index in [4.69, 9.17) is 5.11 Å². The summed E-state index contributed by atoms with van der Waals surface area (Å²) in [7, 11) is 0. The summed E-state index contributed by atoms with van der Waals surface area (Å²) >= 11 is 0. The van der Waals surface area contributed by atoms with Crippen LogP contribution in [0.15, 0.2) is 18.2 Å². The fraction of sp³-hybridized carbons (Fsp3) is 0.385. The number of aliphatic carboxylic acids is 1. The number of halogens is 1. The molecule has 4 nitrogen and oxygen atoms in total. The van der Waals surface area contributed by atoms with E-state index in [1.807, 2.05) is 0 Å². The fourth-order valence-corrected chi connectivity index (χ4v) is 2.26. The van der Waals surface area contributed by atoms with Crippen molar-refractivity contribution in [2.45, 2.75) is 25.8 Å². The summed E-state index contributed by atoms with van der Waals surface area (Å²) in [5.41, 5.74) is 0.502. The van der Waals surface area contributed by atoms with E-state index in [-0.39, 0.29) is 11.1 Å². The Morgan fingerprint density at radius 2 is 2.17 bits per heavy atom. The highest BCUT2D eigenvalue weighted by atomic mass is 19.1. The Bertz CT molecular complexity index is 501. The molecule has 1 aliphatic heterocycles. The van der Waals surface area contributed by atoms with Crippen LogP contribution in [0.3, 0.4) is 0 Å². The molecule has 1 atom stereocenters. The van der Waals surface area contributed by atoms with Crippen molar-refractivity contribution in [1.29, 1.82) is 0 Å². The maximum Gasteiger partial charge on any atom is 0.326 e. The smallest absolute Gasteiger partial charge is 0.326 e. The third-order valence-electron chi connectivity index (χ3n) is 3.30. The first-order valence-corrected chi connectivity index (χ1v) is 5.81. The van der Waals surface area contributed by atoms with Crippen LogP contribution in [0.4, 0.5) is 4.39 Å². The number of hydrogen-bond donors (Lipinski definition) is 1. The molecule has 96 valence electrons. The number of benzene rings is 1. The van der Waals surface area contributed by atoms with Crippen LogP contribution in [0.5, 0.6) is 0 Å². The zero-order chi connectivity index (χ0) is 13.3. The largest absolute Gasteiger partial charge is 0.480 e. The van der Waals surface area contributed by atoms with Gasteiger partial charge in [-0.05, 0) is 37.5 Å². The molecule has 1 amide bonds. The Morgan fingerprint density at radius 3 is 2.83 bits per heavy atom. The van der Waals surface area contributed by atoms with Gasteiger partial charge in [0.05, 0.1) is 0 Å². The number of nitrogens with zero attached hydrogens (tertiary/aromatic N) is 1. The number of amides is 1. The van der Waals surface area contributed by atoms with Gasteiger partial charge in [-0.1, -0.05) is 6.07 Å². The second-order valence-electron chi connectivity index (χ2n) is 4.41. The zero-order valence-electron chi connectivity index (χ0n) is 10.0. The number of hydrogen-bond acceptors (Lipinski definition) is 2. The summed E-state index contributed by atoms with van der Waals surface area (Å²) in [4.78, 5) is 24.6. The number of carboxylic acids is 1. The summed E-state index contributed by atoms with van der Waals surface area (Å²) in [5, 5.41) is 9.04. The van der Waals surface area contributed by atoms with Gasteiger partial charge in [-0.15, -0.1) is 0 Å². The molecule has 1 heterocycles. The van der Waals surface area contributed by atoms with Crippen molar-refractivity contribution in [3.63, 3.8) is 0 Å². The standard InChI is InChI=1S/C13H14FNO3/c1-8-9(4-2-5-10(8)14)12(16)15-7-3-6-11(15)13(17)18/h2,4-5,11H,3,6-7H2,1H3,(H,17,18)/t11-/m0/s1. The van der Waals surface area contributed by atoms with Gasteiger partial charge in [0.2, 0.25) is 0 Å². The van der Waals surface area contributed by atoms with E-state index in [1.54, 1.807) is 0 Å². The topological polar surface area (TPSA) is 57.6 Å². The normalized spacial score (nSPS) is 19.0. The van der Waals surface area contributed by atoms with Crippen molar-refractivity contribution in [3.05, 3.63) is 35.1 Å². The fourth-order valence-electron chi connectivity index (χ4n) is 2.26. The minimum absolute atomic E-state index is 0.239. The second kappa shape index (κ2) is 4.76. The van der Waals surface area contributed by atoms with Crippen LogP contribution in [0.1, 0.15) is 28.8 Å². The van der Waals surface area contributed by atoms with E-state index in [9.17, 15) is 14.0 Å². The molecule has 0 spiro atoms. The van der Waals surface area contributed by atoms with Gasteiger partial charge in [0.25, 0.3) is 5.91 Å². The highest BCUT2D eigenvalue weighted by Crippen LogP contribution is 2.22. The van der Waals surface area contributed by atoms with Crippen LogP contribution < -0.4 is 0 Å².